The molecule has 0 aliphatic heterocycles. The Morgan fingerprint density at radius 1 is 0.625 bits per heavy atom. The lowest BCUT2D eigenvalue weighted by atomic mass is 10.0. The maximum absolute atomic E-state index is 15.0. The minimum Gasteiger partial charge on any atom is -0.205 e. The van der Waals surface area contributed by atoms with E-state index in [9.17, 15) is 0 Å². The quantitative estimate of drug-likeness (QED) is 0.308. The van der Waals surface area contributed by atoms with Crippen LogP contribution in [0.4, 0.5) is 4.39 Å². The van der Waals surface area contributed by atoms with Crippen LogP contribution in [0.1, 0.15) is 53.6 Å². The number of halogens is 1. The molecule has 0 fully saturated rings. The summed E-state index contributed by atoms with van der Waals surface area (Å²) in [5.74, 6) is 12.2. The maximum Gasteiger partial charge on any atom is 0.146 e. The summed E-state index contributed by atoms with van der Waals surface area (Å²) < 4.78 is 15.0. The van der Waals surface area contributed by atoms with E-state index >= 15 is 4.39 Å². The van der Waals surface area contributed by atoms with Crippen LogP contribution < -0.4 is 0 Å². The third-order valence-electron chi connectivity index (χ3n) is 5.50. The van der Waals surface area contributed by atoms with Gasteiger partial charge in [0.05, 0.1) is 5.56 Å². The van der Waals surface area contributed by atoms with E-state index in [-0.39, 0.29) is 5.82 Å². The molecule has 0 nitrogen and oxygen atoms in total. The van der Waals surface area contributed by atoms with E-state index in [1.165, 1.54) is 11.1 Å². The molecule has 0 aromatic heterocycles. The normalized spacial score (nSPS) is 10.2. The van der Waals surface area contributed by atoms with Crippen molar-refractivity contribution in [1.82, 2.24) is 0 Å². The standard InChI is InChI=1S/C31H25F/c1-3-5-24-10-12-25(13-11-24)14-15-27-17-21-30-29(22-27)20-19-28(31(30)32)18-16-26-8-6-23(4-2)7-9-26/h6-13,17,19-22H,3-5H2,1-2H3. The third kappa shape index (κ3) is 5.08. The molecule has 156 valence electrons. The molecule has 0 aliphatic rings. The van der Waals surface area contributed by atoms with Gasteiger partial charge in [-0.2, -0.15) is 0 Å². The van der Waals surface area contributed by atoms with Gasteiger partial charge >= 0.3 is 0 Å². The van der Waals surface area contributed by atoms with Crippen molar-refractivity contribution in [2.24, 2.45) is 0 Å². The van der Waals surface area contributed by atoms with Crippen LogP contribution in [0, 0.1) is 29.5 Å². The second kappa shape index (κ2) is 10.00. The van der Waals surface area contributed by atoms with Gasteiger partial charge in [0.25, 0.3) is 0 Å². The molecule has 0 saturated carbocycles. The summed E-state index contributed by atoms with van der Waals surface area (Å²) in [5.41, 5.74) is 5.73. The molecule has 0 bridgehead atoms. The van der Waals surface area contributed by atoms with Crippen LogP contribution in [-0.2, 0) is 12.8 Å². The van der Waals surface area contributed by atoms with Gasteiger partial charge in [-0.1, -0.05) is 80.3 Å². The molecular weight excluding hydrogens is 391 g/mol. The fourth-order valence-corrected chi connectivity index (χ4v) is 3.62. The van der Waals surface area contributed by atoms with Crippen LogP contribution in [0.5, 0.6) is 0 Å². The zero-order valence-corrected chi connectivity index (χ0v) is 18.5. The minimum absolute atomic E-state index is 0.286. The van der Waals surface area contributed by atoms with Crippen molar-refractivity contribution < 1.29 is 4.39 Å². The van der Waals surface area contributed by atoms with Gasteiger partial charge in [0, 0.05) is 22.1 Å². The molecule has 0 spiro atoms. The largest absolute Gasteiger partial charge is 0.205 e. The highest BCUT2D eigenvalue weighted by Gasteiger charge is 2.06. The van der Waals surface area contributed by atoms with Crippen molar-refractivity contribution in [2.45, 2.75) is 33.1 Å². The van der Waals surface area contributed by atoms with Gasteiger partial charge in [0.15, 0.2) is 0 Å². The Balaban J connectivity index is 1.57. The van der Waals surface area contributed by atoms with Crippen molar-refractivity contribution in [2.75, 3.05) is 0 Å². The maximum atomic E-state index is 15.0. The van der Waals surface area contributed by atoms with Gasteiger partial charge in [-0.3, -0.25) is 0 Å². The summed E-state index contributed by atoms with van der Waals surface area (Å²) in [4.78, 5) is 0. The van der Waals surface area contributed by atoms with Crippen LogP contribution in [0.3, 0.4) is 0 Å². The second-order valence-electron chi connectivity index (χ2n) is 7.86. The molecule has 0 aliphatic carbocycles. The molecule has 0 unspecified atom stereocenters. The zero-order chi connectivity index (χ0) is 22.3. The Morgan fingerprint density at radius 2 is 1.22 bits per heavy atom. The molecule has 0 saturated heterocycles. The highest BCUT2D eigenvalue weighted by molar-refractivity contribution is 5.86. The first-order valence-corrected chi connectivity index (χ1v) is 11.1. The third-order valence-corrected chi connectivity index (χ3v) is 5.50. The van der Waals surface area contributed by atoms with Gasteiger partial charge in [0.1, 0.15) is 5.82 Å². The van der Waals surface area contributed by atoms with Gasteiger partial charge in [-0.25, -0.2) is 4.39 Å². The fourth-order valence-electron chi connectivity index (χ4n) is 3.62. The molecular formula is C31H25F. The first-order valence-electron chi connectivity index (χ1n) is 11.1. The van der Waals surface area contributed by atoms with Crippen LogP contribution in [0.2, 0.25) is 0 Å². The molecule has 0 amide bonds. The summed E-state index contributed by atoms with van der Waals surface area (Å²) in [5, 5.41) is 1.39. The molecule has 4 aromatic carbocycles. The van der Waals surface area contributed by atoms with Crippen molar-refractivity contribution in [1.29, 1.82) is 0 Å². The molecule has 1 heteroatoms. The van der Waals surface area contributed by atoms with E-state index in [1.54, 1.807) is 12.1 Å². The number of rotatable bonds is 3. The SMILES string of the molecule is CCCc1ccc(C#Cc2ccc3c(F)c(C#Cc4ccc(CC)cc4)ccc3c2)cc1. The van der Waals surface area contributed by atoms with Crippen LogP contribution >= 0.6 is 0 Å². The highest BCUT2D eigenvalue weighted by Crippen LogP contribution is 2.22. The van der Waals surface area contributed by atoms with Crippen molar-refractivity contribution in [3.05, 3.63) is 118 Å². The van der Waals surface area contributed by atoms with Crippen molar-refractivity contribution in [3.63, 3.8) is 0 Å². The predicted molar refractivity (Wildman–Crippen MR) is 132 cm³/mol. The molecule has 0 N–H and O–H groups in total. The van der Waals surface area contributed by atoms with E-state index in [0.29, 0.717) is 10.9 Å². The topological polar surface area (TPSA) is 0 Å². The minimum atomic E-state index is -0.286. The van der Waals surface area contributed by atoms with Gasteiger partial charge in [-0.15, -0.1) is 0 Å². The number of fused-ring (bicyclic) bond motifs is 1. The lowest BCUT2D eigenvalue weighted by Crippen LogP contribution is -1.88. The van der Waals surface area contributed by atoms with E-state index in [2.05, 4.69) is 73.9 Å². The number of benzene rings is 4. The monoisotopic (exact) mass is 416 g/mol. The molecule has 0 radical (unpaired) electrons. The summed E-state index contributed by atoms with van der Waals surface area (Å²) in [7, 11) is 0. The molecule has 32 heavy (non-hydrogen) atoms. The summed E-state index contributed by atoms with van der Waals surface area (Å²) in [6.45, 7) is 4.30. The first-order chi connectivity index (χ1) is 15.7. The average molecular weight is 417 g/mol. The van der Waals surface area contributed by atoms with Gasteiger partial charge in [0.2, 0.25) is 0 Å². The Hall–Kier alpha value is -3.81. The van der Waals surface area contributed by atoms with Crippen LogP contribution in [0.15, 0.2) is 78.9 Å². The van der Waals surface area contributed by atoms with Gasteiger partial charge < -0.3 is 0 Å². The van der Waals surface area contributed by atoms with E-state index < -0.39 is 0 Å². The molecule has 0 atom stereocenters. The molecule has 4 aromatic rings. The van der Waals surface area contributed by atoms with E-state index in [1.807, 2.05) is 30.3 Å². The number of hydrogen-bond acceptors (Lipinski definition) is 0. The Kier molecular flexibility index (Phi) is 6.69. The van der Waals surface area contributed by atoms with Crippen molar-refractivity contribution >= 4 is 10.8 Å². The van der Waals surface area contributed by atoms with Gasteiger partial charge in [-0.05, 0) is 71.8 Å². The fraction of sp³-hybridized carbons (Fsp3) is 0.161. The Morgan fingerprint density at radius 3 is 1.88 bits per heavy atom. The molecule has 4 rings (SSSR count). The summed E-state index contributed by atoms with van der Waals surface area (Å²) >= 11 is 0. The summed E-state index contributed by atoms with van der Waals surface area (Å²) in [6.07, 6.45) is 3.21. The summed E-state index contributed by atoms with van der Waals surface area (Å²) in [6, 6.07) is 25.7. The Bertz CT molecular complexity index is 1350. The number of aryl methyl sites for hydroxylation is 2. The number of hydrogen-bond donors (Lipinski definition) is 0. The van der Waals surface area contributed by atoms with Crippen LogP contribution in [0.25, 0.3) is 10.8 Å². The Labute approximate surface area is 190 Å². The van der Waals surface area contributed by atoms with E-state index in [4.69, 9.17) is 0 Å². The van der Waals surface area contributed by atoms with Crippen LogP contribution in [-0.4, -0.2) is 0 Å². The van der Waals surface area contributed by atoms with E-state index in [0.717, 1.165) is 41.3 Å². The molecule has 0 heterocycles. The van der Waals surface area contributed by atoms with Crippen molar-refractivity contribution in [3.8, 4) is 23.7 Å². The lowest BCUT2D eigenvalue weighted by Gasteiger charge is -2.03. The predicted octanol–water partition coefficient (Wildman–Crippen LogP) is 7.29. The smallest absolute Gasteiger partial charge is 0.146 e. The first kappa shape index (κ1) is 21.4. The zero-order valence-electron chi connectivity index (χ0n) is 18.5. The lowest BCUT2D eigenvalue weighted by molar-refractivity contribution is 0.636. The highest BCUT2D eigenvalue weighted by atomic mass is 19.1. The average Bonchev–Trinajstić information content (AvgIpc) is 2.84. The second-order valence-corrected chi connectivity index (χ2v) is 7.86.